The van der Waals surface area contributed by atoms with Crippen LogP contribution >= 0.6 is 10.7 Å². The molecule has 0 radical (unpaired) electrons. The smallest absolute Gasteiger partial charge is 0.416 e. The molecule has 0 saturated heterocycles. The molecule has 0 N–H and O–H groups in total. The Bertz CT molecular complexity index is 841. The average molecular weight is 405 g/mol. The minimum atomic E-state index is -5.00. The van der Waals surface area contributed by atoms with Crippen LogP contribution < -0.4 is 4.74 Å². The van der Waals surface area contributed by atoms with Gasteiger partial charge in [0.15, 0.2) is 0 Å². The molecule has 0 aromatic heterocycles. The molecule has 136 valence electrons. The van der Waals surface area contributed by atoms with Gasteiger partial charge in [0.25, 0.3) is 9.05 Å². The van der Waals surface area contributed by atoms with Gasteiger partial charge < -0.3 is 4.74 Å². The monoisotopic (exact) mass is 404 g/mol. The molecule has 11 heteroatoms. The Balaban J connectivity index is 2.42. The molecular formula is C14H7ClF6O3S. The number of hydrogen-bond acceptors (Lipinski definition) is 3. The summed E-state index contributed by atoms with van der Waals surface area (Å²) in [4.78, 5) is -0.304. The van der Waals surface area contributed by atoms with Gasteiger partial charge in [-0.25, -0.2) is 8.42 Å². The van der Waals surface area contributed by atoms with Crippen molar-refractivity contribution >= 4 is 19.7 Å². The molecule has 0 aliphatic carbocycles. The van der Waals surface area contributed by atoms with Crippen molar-refractivity contribution in [2.45, 2.75) is 17.2 Å². The fourth-order valence-corrected chi connectivity index (χ4v) is 2.56. The Morgan fingerprint density at radius 2 is 1.20 bits per heavy atom. The lowest BCUT2D eigenvalue weighted by Gasteiger charge is -2.14. The Kier molecular flexibility index (Phi) is 4.97. The summed E-state index contributed by atoms with van der Waals surface area (Å²) in [5, 5.41) is 0. The van der Waals surface area contributed by atoms with Crippen LogP contribution in [0.4, 0.5) is 26.3 Å². The van der Waals surface area contributed by atoms with Gasteiger partial charge in [-0.15, -0.1) is 0 Å². The highest BCUT2D eigenvalue weighted by Crippen LogP contribution is 2.39. The van der Waals surface area contributed by atoms with Gasteiger partial charge in [-0.1, -0.05) is 0 Å². The Hall–Kier alpha value is -1.94. The third kappa shape index (κ3) is 5.02. The number of halogens is 7. The van der Waals surface area contributed by atoms with Crippen LogP contribution in [0.15, 0.2) is 47.4 Å². The molecule has 0 spiro atoms. The standard InChI is InChI=1S/C14H7ClF6O3S/c15-25(22,23)12-3-1-10(2-4-12)24-11-6-8(13(16,17)18)5-9(7-11)14(19,20)21/h1-7H. The summed E-state index contributed by atoms with van der Waals surface area (Å²) in [5.41, 5.74) is -3.06. The summed E-state index contributed by atoms with van der Waals surface area (Å²) in [5.74, 6) is -0.875. The molecule has 3 nitrogen and oxygen atoms in total. The molecule has 2 aromatic carbocycles. The lowest BCUT2D eigenvalue weighted by Crippen LogP contribution is -2.11. The molecule has 2 rings (SSSR count). The van der Waals surface area contributed by atoms with Crippen LogP contribution in [-0.4, -0.2) is 8.42 Å². The molecule has 0 bridgehead atoms. The quantitative estimate of drug-likeness (QED) is 0.505. The van der Waals surface area contributed by atoms with Crippen LogP contribution in [-0.2, 0) is 21.4 Å². The summed E-state index contributed by atoms with van der Waals surface area (Å²) < 4.78 is 104. The summed E-state index contributed by atoms with van der Waals surface area (Å²) in [6.07, 6.45) is -10.0. The number of benzene rings is 2. The average Bonchev–Trinajstić information content (AvgIpc) is 2.44. The normalized spacial score (nSPS) is 12.9. The lowest BCUT2D eigenvalue weighted by molar-refractivity contribution is -0.143. The van der Waals surface area contributed by atoms with Crippen LogP contribution in [0.3, 0.4) is 0 Å². The van der Waals surface area contributed by atoms with E-state index in [4.69, 9.17) is 15.4 Å². The zero-order chi connectivity index (χ0) is 19.0. The van der Waals surface area contributed by atoms with Crippen molar-refractivity contribution in [3.05, 3.63) is 53.6 Å². The molecule has 0 heterocycles. The summed E-state index contributed by atoms with van der Waals surface area (Å²) in [6, 6.07) is 4.86. The van der Waals surface area contributed by atoms with Crippen LogP contribution in [0.1, 0.15) is 11.1 Å². The molecular weight excluding hydrogens is 398 g/mol. The highest BCUT2D eigenvalue weighted by Gasteiger charge is 2.37. The van der Waals surface area contributed by atoms with Gasteiger partial charge in [-0.2, -0.15) is 26.3 Å². The van der Waals surface area contributed by atoms with E-state index in [1.165, 1.54) is 0 Å². The van der Waals surface area contributed by atoms with Crippen molar-refractivity contribution in [1.82, 2.24) is 0 Å². The highest BCUT2D eigenvalue weighted by atomic mass is 35.7. The van der Waals surface area contributed by atoms with E-state index in [1.54, 1.807) is 0 Å². The minimum absolute atomic E-state index is 0.0317. The van der Waals surface area contributed by atoms with Crippen molar-refractivity contribution in [3.8, 4) is 11.5 Å². The zero-order valence-electron chi connectivity index (χ0n) is 11.8. The summed E-state index contributed by atoms with van der Waals surface area (Å²) in [6.45, 7) is 0. The van der Waals surface area contributed by atoms with E-state index in [0.29, 0.717) is 12.1 Å². The first-order valence-corrected chi connectivity index (χ1v) is 8.60. The first-order chi connectivity index (χ1) is 11.3. The van der Waals surface area contributed by atoms with E-state index in [-0.39, 0.29) is 16.7 Å². The van der Waals surface area contributed by atoms with Crippen LogP contribution in [0, 0.1) is 0 Å². The van der Waals surface area contributed by atoms with E-state index in [0.717, 1.165) is 24.3 Å². The molecule has 25 heavy (non-hydrogen) atoms. The minimum Gasteiger partial charge on any atom is -0.457 e. The lowest BCUT2D eigenvalue weighted by atomic mass is 10.1. The molecule has 2 aromatic rings. The van der Waals surface area contributed by atoms with Crippen molar-refractivity contribution in [1.29, 1.82) is 0 Å². The molecule has 0 fully saturated rings. The predicted octanol–water partition coefficient (Wildman–Crippen LogP) is 5.44. The van der Waals surface area contributed by atoms with E-state index in [1.807, 2.05) is 0 Å². The maximum Gasteiger partial charge on any atom is 0.416 e. The Labute approximate surface area is 142 Å². The molecule has 0 amide bonds. The fourth-order valence-electron chi connectivity index (χ4n) is 1.79. The largest absolute Gasteiger partial charge is 0.457 e. The number of alkyl halides is 6. The van der Waals surface area contributed by atoms with Crippen molar-refractivity contribution in [2.24, 2.45) is 0 Å². The second kappa shape index (κ2) is 6.41. The maximum atomic E-state index is 12.8. The van der Waals surface area contributed by atoms with Gasteiger partial charge in [-0.05, 0) is 42.5 Å². The van der Waals surface area contributed by atoms with Gasteiger partial charge in [-0.3, -0.25) is 0 Å². The second-order valence-corrected chi connectivity index (χ2v) is 7.32. The van der Waals surface area contributed by atoms with Gasteiger partial charge in [0.1, 0.15) is 11.5 Å². The second-order valence-electron chi connectivity index (χ2n) is 4.75. The van der Waals surface area contributed by atoms with Crippen LogP contribution in [0.25, 0.3) is 0 Å². The highest BCUT2D eigenvalue weighted by molar-refractivity contribution is 8.13. The first-order valence-electron chi connectivity index (χ1n) is 6.29. The molecule has 0 aliphatic heterocycles. The molecule has 0 unspecified atom stereocenters. The molecule has 0 saturated carbocycles. The number of rotatable bonds is 3. The Morgan fingerprint density at radius 3 is 1.56 bits per heavy atom. The van der Waals surface area contributed by atoms with Crippen molar-refractivity contribution < 1.29 is 39.5 Å². The first kappa shape index (κ1) is 19.4. The SMILES string of the molecule is O=S(=O)(Cl)c1ccc(Oc2cc(C(F)(F)F)cc(C(F)(F)F)c2)cc1. The van der Waals surface area contributed by atoms with Crippen molar-refractivity contribution in [3.63, 3.8) is 0 Å². The van der Waals surface area contributed by atoms with Crippen molar-refractivity contribution in [2.75, 3.05) is 0 Å². The topological polar surface area (TPSA) is 43.4 Å². The summed E-state index contributed by atoms with van der Waals surface area (Å²) in [7, 11) is 1.07. The molecule has 0 atom stereocenters. The third-order valence-corrected chi connectivity index (χ3v) is 4.27. The van der Waals surface area contributed by atoms with E-state index >= 15 is 0 Å². The maximum absolute atomic E-state index is 12.8. The van der Waals surface area contributed by atoms with Gasteiger partial charge in [0.05, 0.1) is 16.0 Å². The van der Waals surface area contributed by atoms with Crippen LogP contribution in [0.2, 0.25) is 0 Å². The van der Waals surface area contributed by atoms with Gasteiger partial charge >= 0.3 is 12.4 Å². The Morgan fingerprint density at radius 1 is 0.760 bits per heavy atom. The van der Waals surface area contributed by atoms with Gasteiger partial charge in [0, 0.05) is 10.7 Å². The predicted molar refractivity (Wildman–Crippen MR) is 76.0 cm³/mol. The van der Waals surface area contributed by atoms with Crippen LogP contribution in [0.5, 0.6) is 11.5 Å². The zero-order valence-corrected chi connectivity index (χ0v) is 13.4. The van der Waals surface area contributed by atoms with Gasteiger partial charge in [0.2, 0.25) is 0 Å². The number of ether oxygens (including phenoxy) is 1. The van der Waals surface area contributed by atoms with E-state index in [9.17, 15) is 34.8 Å². The summed E-state index contributed by atoms with van der Waals surface area (Å²) >= 11 is 0. The number of hydrogen-bond donors (Lipinski definition) is 0. The van der Waals surface area contributed by atoms with E-state index in [2.05, 4.69) is 0 Å². The third-order valence-electron chi connectivity index (χ3n) is 2.90. The van der Waals surface area contributed by atoms with E-state index < -0.39 is 38.3 Å². The fraction of sp³-hybridized carbons (Fsp3) is 0.143. The molecule has 0 aliphatic rings.